The fourth-order valence-electron chi connectivity index (χ4n) is 4.52. The molecule has 9 nitrogen and oxygen atoms in total. The Balaban J connectivity index is 1.17. The average Bonchev–Trinajstić information content (AvgIpc) is 3.61. The number of carbonyl (C=O) groups excluding carboxylic acids is 3. The van der Waals surface area contributed by atoms with Crippen LogP contribution >= 0.6 is 11.8 Å². The number of nitrogens with one attached hydrogen (secondary N) is 2. The summed E-state index contributed by atoms with van der Waals surface area (Å²) in [6, 6.07) is 10.6. The van der Waals surface area contributed by atoms with Gasteiger partial charge in [-0.05, 0) is 49.3 Å². The van der Waals surface area contributed by atoms with Crippen LogP contribution in [0.25, 0.3) is 0 Å². The van der Waals surface area contributed by atoms with E-state index in [0.29, 0.717) is 22.1 Å². The molecule has 11 heteroatoms. The minimum atomic E-state index is -0.685. The molecule has 5 rings (SSSR count). The second-order valence-electron chi connectivity index (χ2n) is 9.15. The molecule has 0 bridgehead atoms. The predicted octanol–water partition coefficient (Wildman–Crippen LogP) is 4.14. The van der Waals surface area contributed by atoms with Crippen LogP contribution in [0.4, 0.5) is 15.8 Å². The van der Waals surface area contributed by atoms with Gasteiger partial charge in [-0.25, -0.2) is 4.39 Å². The number of carbonyl (C=O) groups is 3. The normalized spacial score (nSPS) is 19.6. The highest BCUT2D eigenvalue weighted by Gasteiger charge is 2.38. The second-order valence-corrected chi connectivity index (χ2v) is 10.3. The SMILES string of the molecule is COc1ccccc1NC(=O)CC(=O)Nc1ccc(OC2=CC=NC3C=C(C(=O)N4CCCC4)SC23)c(F)c1. The Labute approximate surface area is 229 Å². The number of likely N-dealkylation sites (tertiary alicyclic amines) is 1. The van der Waals surface area contributed by atoms with Crippen molar-refractivity contribution in [2.75, 3.05) is 30.8 Å². The summed E-state index contributed by atoms with van der Waals surface area (Å²) in [6.45, 7) is 1.52. The zero-order valence-electron chi connectivity index (χ0n) is 21.2. The first kappa shape index (κ1) is 26.5. The molecule has 2 unspecified atom stereocenters. The average molecular weight is 551 g/mol. The number of dihydropyridines is 1. The van der Waals surface area contributed by atoms with Crippen LogP contribution in [-0.4, -0.2) is 60.3 Å². The molecule has 3 amide bonds. The fourth-order valence-corrected chi connectivity index (χ4v) is 5.77. The van der Waals surface area contributed by atoms with Gasteiger partial charge in [0.25, 0.3) is 5.91 Å². The molecular formula is C28H27FN4O5S. The van der Waals surface area contributed by atoms with E-state index in [1.54, 1.807) is 36.6 Å². The summed E-state index contributed by atoms with van der Waals surface area (Å²) in [5.74, 6) is -0.891. The summed E-state index contributed by atoms with van der Waals surface area (Å²) in [6.07, 6.45) is 6.67. The molecule has 3 aliphatic heterocycles. The Morgan fingerprint density at radius 2 is 1.85 bits per heavy atom. The van der Waals surface area contributed by atoms with Gasteiger partial charge in [0.05, 0.1) is 29.0 Å². The van der Waals surface area contributed by atoms with Crippen LogP contribution in [0.5, 0.6) is 11.5 Å². The first-order valence-electron chi connectivity index (χ1n) is 12.5. The topological polar surface area (TPSA) is 109 Å². The third kappa shape index (κ3) is 6.14. The van der Waals surface area contributed by atoms with E-state index in [0.717, 1.165) is 32.0 Å². The minimum absolute atomic E-state index is 0.00399. The number of halogens is 1. The van der Waals surface area contributed by atoms with Gasteiger partial charge in [0, 0.05) is 31.1 Å². The van der Waals surface area contributed by atoms with E-state index in [9.17, 15) is 18.8 Å². The highest BCUT2D eigenvalue weighted by molar-refractivity contribution is 8.05. The van der Waals surface area contributed by atoms with Crippen LogP contribution in [0, 0.1) is 5.82 Å². The standard InChI is InChI=1S/C28H27FN4O5S/c1-37-22-7-3-2-6-19(22)32-26(35)16-25(34)31-17-8-9-21(18(29)14-17)38-23-10-11-30-20-15-24(39-27(20)23)28(36)33-12-4-5-13-33/h2-3,6-11,14-15,20,27H,4-5,12-13,16H2,1H3,(H,31,34)(H,32,35). The molecule has 0 aromatic heterocycles. The predicted molar refractivity (Wildman–Crippen MR) is 148 cm³/mol. The van der Waals surface area contributed by atoms with Gasteiger partial charge in [-0.1, -0.05) is 12.1 Å². The smallest absolute Gasteiger partial charge is 0.260 e. The lowest BCUT2D eigenvalue weighted by Crippen LogP contribution is -2.28. The number of nitrogens with zero attached hydrogens (tertiary/aromatic N) is 2. The van der Waals surface area contributed by atoms with Gasteiger partial charge in [0.1, 0.15) is 17.9 Å². The number of hydrogen-bond donors (Lipinski definition) is 2. The van der Waals surface area contributed by atoms with Crippen molar-refractivity contribution in [3.63, 3.8) is 0 Å². The lowest BCUT2D eigenvalue weighted by Gasteiger charge is -2.22. The van der Waals surface area contributed by atoms with Gasteiger partial charge in [0.15, 0.2) is 11.6 Å². The van der Waals surface area contributed by atoms with E-state index in [4.69, 9.17) is 9.47 Å². The monoisotopic (exact) mass is 550 g/mol. The van der Waals surface area contributed by atoms with E-state index in [1.807, 2.05) is 11.0 Å². The summed E-state index contributed by atoms with van der Waals surface area (Å²) >= 11 is 1.38. The highest BCUT2D eigenvalue weighted by atomic mass is 32.2. The van der Waals surface area contributed by atoms with Gasteiger partial charge >= 0.3 is 0 Å². The number of amides is 3. The number of rotatable bonds is 8. The third-order valence-corrected chi connectivity index (χ3v) is 7.74. The Bertz CT molecular complexity index is 1390. The maximum absolute atomic E-state index is 14.9. The van der Waals surface area contributed by atoms with Crippen molar-refractivity contribution in [2.24, 2.45) is 4.99 Å². The Morgan fingerprint density at radius 3 is 2.62 bits per heavy atom. The van der Waals surface area contributed by atoms with Crippen molar-refractivity contribution >= 4 is 47.1 Å². The largest absolute Gasteiger partial charge is 0.495 e. The van der Waals surface area contributed by atoms with Gasteiger partial charge < -0.3 is 25.0 Å². The van der Waals surface area contributed by atoms with Crippen molar-refractivity contribution in [3.05, 3.63) is 71.1 Å². The summed E-state index contributed by atoms with van der Waals surface area (Å²) in [5, 5.41) is 4.88. The number of allylic oxidation sites excluding steroid dienone is 1. The zero-order valence-corrected chi connectivity index (χ0v) is 22.0. The van der Waals surface area contributed by atoms with Crippen molar-refractivity contribution in [3.8, 4) is 11.5 Å². The molecule has 3 heterocycles. The van der Waals surface area contributed by atoms with Gasteiger partial charge in [-0.3, -0.25) is 19.4 Å². The van der Waals surface area contributed by atoms with Crippen LogP contribution in [0.3, 0.4) is 0 Å². The summed E-state index contributed by atoms with van der Waals surface area (Å²) in [5.41, 5.74) is 0.625. The maximum Gasteiger partial charge on any atom is 0.260 e. The number of hydrogen-bond acceptors (Lipinski definition) is 7. The summed E-state index contributed by atoms with van der Waals surface area (Å²) in [4.78, 5) is 44.4. The number of anilines is 2. The molecule has 1 fully saturated rings. The molecule has 0 radical (unpaired) electrons. The number of para-hydroxylation sites is 2. The molecule has 0 aliphatic carbocycles. The molecule has 2 aromatic carbocycles. The summed E-state index contributed by atoms with van der Waals surface area (Å²) < 4.78 is 26.0. The van der Waals surface area contributed by atoms with Crippen molar-refractivity contribution in [2.45, 2.75) is 30.6 Å². The first-order valence-corrected chi connectivity index (χ1v) is 13.4. The van der Waals surface area contributed by atoms with E-state index >= 15 is 0 Å². The molecule has 2 atom stereocenters. The molecular weight excluding hydrogens is 523 g/mol. The number of ether oxygens (including phenoxy) is 2. The van der Waals surface area contributed by atoms with Crippen molar-refractivity contribution in [1.29, 1.82) is 0 Å². The van der Waals surface area contributed by atoms with Crippen LogP contribution in [-0.2, 0) is 14.4 Å². The molecule has 1 saturated heterocycles. The van der Waals surface area contributed by atoms with E-state index < -0.39 is 24.1 Å². The molecule has 2 aromatic rings. The van der Waals surface area contributed by atoms with E-state index in [1.165, 1.54) is 31.0 Å². The van der Waals surface area contributed by atoms with Crippen molar-refractivity contribution < 1.29 is 28.2 Å². The van der Waals surface area contributed by atoms with Crippen LogP contribution in [0.15, 0.2) is 70.3 Å². The lowest BCUT2D eigenvalue weighted by molar-refractivity contribution is -0.125. The van der Waals surface area contributed by atoms with Crippen LogP contribution < -0.4 is 20.1 Å². The fraction of sp³-hybridized carbons (Fsp3) is 0.286. The first-order chi connectivity index (χ1) is 18.9. The number of methoxy groups -OCH3 is 1. The van der Waals surface area contributed by atoms with Crippen LogP contribution in [0.1, 0.15) is 19.3 Å². The Hall–Kier alpha value is -4.12. The minimum Gasteiger partial charge on any atom is -0.495 e. The number of thioether (sulfide) groups is 1. The lowest BCUT2D eigenvalue weighted by atomic mass is 10.1. The van der Waals surface area contributed by atoms with Crippen LogP contribution in [0.2, 0.25) is 0 Å². The van der Waals surface area contributed by atoms with Gasteiger partial charge in [-0.15, -0.1) is 11.8 Å². The molecule has 202 valence electrons. The number of fused-ring (bicyclic) bond motifs is 1. The molecule has 0 spiro atoms. The highest BCUT2D eigenvalue weighted by Crippen LogP contribution is 2.41. The molecule has 0 saturated carbocycles. The zero-order chi connectivity index (χ0) is 27.4. The quantitative estimate of drug-likeness (QED) is 0.479. The Kier molecular flexibility index (Phi) is 7.97. The van der Waals surface area contributed by atoms with Gasteiger partial charge in [0.2, 0.25) is 11.8 Å². The molecule has 3 aliphatic rings. The molecule has 39 heavy (non-hydrogen) atoms. The van der Waals surface area contributed by atoms with Crippen molar-refractivity contribution in [1.82, 2.24) is 4.90 Å². The molecule has 2 N–H and O–H groups in total. The Morgan fingerprint density at radius 1 is 1.08 bits per heavy atom. The number of benzene rings is 2. The maximum atomic E-state index is 14.9. The van der Waals surface area contributed by atoms with E-state index in [-0.39, 0.29) is 28.6 Å². The van der Waals surface area contributed by atoms with E-state index in [2.05, 4.69) is 15.6 Å². The summed E-state index contributed by atoms with van der Waals surface area (Å²) in [7, 11) is 1.48. The third-order valence-electron chi connectivity index (χ3n) is 6.41. The van der Waals surface area contributed by atoms with Gasteiger partial charge in [-0.2, -0.15) is 0 Å². The number of aliphatic imine (C=N–C) groups is 1. The second kappa shape index (κ2) is 11.7.